The third kappa shape index (κ3) is 3.64. The zero-order valence-corrected chi connectivity index (χ0v) is 11.9. The SMILES string of the molecule is CC(NC(=O)c1ccc(F)cc1)c1cccc(Br)c1. The Kier molecular flexibility index (Phi) is 4.32. The number of hydrogen-bond acceptors (Lipinski definition) is 1. The van der Waals surface area contributed by atoms with E-state index in [-0.39, 0.29) is 17.8 Å². The van der Waals surface area contributed by atoms with Crippen molar-refractivity contribution in [3.63, 3.8) is 0 Å². The summed E-state index contributed by atoms with van der Waals surface area (Å²) < 4.78 is 13.8. The molecule has 0 aliphatic carbocycles. The summed E-state index contributed by atoms with van der Waals surface area (Å²) in [5.41, 5.74) is 1.45. The summed E-state index contributed by atoms with van der Waals surface area (Å²) in [5, 5.41) is 2.88. The van der Waals surface area contributed by atoms with Gasteiger partial charge in [-0.2, -0.15) is 0 Å². The fourth-order valence-electron chi connectivity index (χ4n) is 1.74. The monoisotopic (exact) mass is 321 g/mol. The minimum Gasteiger partial charge on any atom is -0.346 e. The Balaban J connectivity index is 2.08. The van der Waals surface area contributed by atoms with Crippen LogP contribution in [0.1, 0.15) is 28.9 Å². The average Bonchev–Trinajstić information content (AvgIpc) is 2.39. The molecule has 2 nitrogen and oxygen atoms in total. The molecule has 98 valence electrons. The predicted molar refractivity (Wildman–Crippen MR) is 76.4 cm³/mol. The topological polar surface area (TPSA) is 29.1 Å². The van der Waals surface area contributed by atoms with Crippen molar-refractivity contribution in [2.75, 3.05) is 0 Å². The number of amides is 1. The fourth-order valence-corrected chi connectivity index (χ4v) is 2.16. The summed E-state index contributed by atoms with van der Waals surface area (Å²) in [6, 6.07) is 13.1. The van der Waals surface area contributed by atoms with Gasteiger partial charge in [0.25, 0.3) is 5.91 Å². The highest BCUT2D eigenvalue weighted by Gasteiger charge is 2.11. The summed E-state index contributed by atoms with van der Waals surface area (Å²) in [5.74, 6) is -0.566. The number of carbonyl (C=O) groups is 1. The molecule has 2 rings (SSSR count). The minimum absolute atomic E-state index is 0.116. The lowest BCUT2D eigenvalue weighted by Gasteiger charge is -2.14. The van der Waals surface area contributed by atoms with Crippen molar-refractivity contribution < 1.29 is 9.18 Å². The van der Waals surface area contributed by atoms with Crippen LogP contribution >= 0.6 is 15.9 Å². The van der Waals surface area contributed by atoms with Crippen LogP contribution in [0.2, 0.25) is 0 Å². The Labute approximate surface area is 119 Å². The van der Waals surface area contributed by atoms with Crippen molar-refractivity contribution in [2.45, 2.75) is 13.0 Å². The van der Waals surface area contributed by atoms with Gasteiger partial charge in [-0.15, -0.1) is 0 Å². The molecule has 0 bridgehead atoms. The lowest BCUT2D eigenvalue weighted by atomic mass is 10.1. The second kappa shape index (κ2) is 5.97. The molecule has 2 aromatic rings. The van der Waals surface area contributed by atoms with Gasteiger partial charge in [-0.05, 0) is 48.9 Å². The van der Waals surface area contributed by atoms with Crippen molar-refractivity contribution in [3.05, 3.63) is 69.9 Å². The average molecular weight is 322 g/mol. The van der Waals surface area contributed by atoms with Crippen LogP contribution < -0.4 is 5.32 Å². The second-order valence-corrected chi connectivity index (χ2v) is 5.17. The fraction of sp³-hybridized carbons (Fsp3) is 0.133. The van der Waals surface area contributed by atoms with E-state index in [1.807, 2.05) is 31.2 Å². The zero-order valence-electron chi connectivity index (χ0n) is 10.4. The van der Waals surface area contributed by atoms with Gasteiger partial charge in [-0.3, -0.25) is 4.79 Å². The number of rotatable bonds is 3. The Bertz CT molecular complexity index is 583. The molecule has 19 heavy (non-hydrogen) atoms. The van der Waals surface area contributed by atoms with E-state index in [2.05, 4.69) is 21.2 Å². The molecule has 0 aliphatic heterocycles. The number of halogens is 2. The van der Waals surface area contributed by atoms with E-state index in [4.69, 9.17) is 0 Å². The predicted octanol–water partition coefficient (Wildman–Crippen LogP) is 4.08. The van der Waals surface area contributed by atoms with E-state index < -0.39 is 0 Å². The molecule has 4 heteroatoms. The van der Waals surface area contributed by atoms with Gasteiger partial charge in [-0.25, -0.2) is 4.39 Å². The quantitative estimate of drug-likeness (QED) is 0.906. The van der Waals surface area contributed by atoms with Gasteiger partial charge < -0.3 is 5.32 Å². The highest BCUT2D eigenvalue weighted by atomic mass is 79.9. The van der Waals surface area contributed by atoms with Crippen molar-refractivity contribution in [1.82, 2.24) is 5.32 Å². The summed E-state index contributed by atoms with van der Waals surface area (Å²) in [7, 11) is 0. The molecule has 0 saturated carbocycles. The summed E-state index contributed by atoms with van der Waals surface area (Å²) >= 11 is 3.40. The van der Waals surface area contributed by atoms with Crippen molar-refractivity contribution in [2.24, 2.45) is 0 Å². The largest absolute Gasteiger partial charge is 0.346 e. The van der Waals surface area contributed by atoms with E-state index >= 15 is 0 Å². The highest BCUT2D eigenvalue weighted by molar-refractivity contribution is 9.10. The number of hydrogen-bond donors (Lipinski definition) is 1. The van der Waals surface area contributed by atoms with Crippen molar-refractivity contribution in [1.29, 1.82) is 0 Å². The van der Waals surface area contributed by atoms with E-state index in [0.717, 1.165) is 10.0 Å². The second-order valence-electron chi connectivity index (χ2n) is 4.26. The van der Waals surface area contributed by atoms with Crippen LogP contribution in [0.4, 0.5) is 4.39 Å². The maximum Gasteiger partial charge on any atom is 0.251 e. The minimum atomic E-state index is -0.350. The molecule has 0 aliphatic rings. The molecular weight excluding hydrogens is 309 g/mol. The smallest absolute Gasteiger partial charge is 0.251 e. The molecular formula is C15H13BrFNO. The Morgan fingerprint density at radius 3 is 2.53 bits per heavy atom. The molecule has 0 saturated heterocycles. The van der Waals surface area contributed by atoms with Gasteiger partial charge in [0, 0.05) is 10.0 Å². The summed E-state index contributed by atoms with van der Waals surface area (Å²) in [6.07, 6.45) is 0. The summed E-state index contributed by atoms with van der Waals surface area (Å²) in [6.45, 7) is 1.91. The molecule has 1 amide bonds. The van der Waals surface area contributed by atoms with Crippen LogP contribution in [0.3, 0.4) is 0 Å². The molecule has 0 aromatic heterocycles. The molecule has 1 N–H and O–H groups in total. The molecule has 1 unspecified atom stereocenters. The Hall–Kier alpha value is -1.68. The first-order valence-electron chi connectivity index (χ1n) is 5.88. The van der Waals surface area contributed by atoms with Crippen LogP contribution in [0.25, 0.3) is 0 Å². The first-order chi connectivity index (χ1) is 9.06. The Morgan fingerprint density at radius 1 is 1.21 bits per heavy atom. The number of carbonyl (C=O) groups excluding carboxylic acids is 1. The van der Waals surface area contributed by atoms with Crippen LogP contribution in [-0.2, 0) is 0 Å². The van der Waals surface area contributed by atoms with Crippen LogP contribution in [-0.4, -0.2) is 5.91 Å². The molecule has 0 spiro atoms. The molecule has 2 aromatic carbocycles. The van der Waals surface area contributed by atoms with E-state index in [1.165, 1.54) is 24.3 Å². The Morgan fingerprint density at radius 2 is 1.89 bits per heavy atom. The van der Waals surface area contributed by atoms with Gasteiger partial charge >= 0.3 is 0 Å². The first-order valence-corrected chi connectivity index (χ1v) is 6.67. The molecule has 1 atom stereocenters. The van der Waals surface area contributed by atoms with Gasteiger partial charge in [0.1, 0.15) is 5.82 Å². The lowest BCUT2D eigenvalue weighted by Crippen LogP contribution is -2.26. The third-order valence-electron chi connectivity index (χ3n) is 2.80. The van der Waals surface area contributed by atoms with Crippen LogP contribution in [0, 0.1) is 5.82 Å². The standard InChI is InChI=1S/C15H13BrFNO/c1-10(12-3-2-4-13(16)9-12)18-15(19)11-5-7-14(17)8-6-11/h2-10H,1H3,(H,18,19). The van der Waals surface area contributed by atoms with Crippen LogP contribution in [0.15, 0.2) is 53.0 Å². The highest BCUT2D eigenvalue weighted by Crippen LogP contribution is 2.18. The lowest BCUT2D eigenvalue weighted by molar-refractivity contribution is 0.0940. The maximum absolute atomic E-state index is 12.8. The van der Waals surface area contributed by atoms with Crippen LogP contribution in [0.5, 0.6) is 0 Å². The van der Waals surface area contributed by atoms with E-state index in [0.29, 0.717) is 5.56 Å². The summed E-state index contributed by atoms with van der Waals surface area (Å²) in [4.78, 5) is 12.0. The number of benzene rings is 2. The third-order valence-corrected chi connectivity index (χ3v) is 3.30. The van der Waals surface area contributed by atoms with Gasteiger partial charge in [0.05, 0.1) is 6.04 Å². The van der Waals surface area contributed by atoms with Gasteiger partial charge in [0.2, 0.25) is 0 Å². The maximum atomic E-state index is 12.8. The zero-order chi connectivity index (χ0) is 13.8. The van der Waals surface area contributed by atoms with Gasteiger partial charge in [-0.1, -0.05) is 28.1 Å². The number of nitrogens with one attached hydrogen (secondary N) is 1. The first kappa shape index (κ1) is 13.7. The van der Waals surface area contributed by atoms with Crippen molar-refractivity contribution >= 4 is 21.8 Å². The molecule has 0 radical (unpaired) electrons. The molecule has 0 heterocycles. The molecule has 0 fully saturated rings. The van der Waals surface area contributed by atoms with Gasteiger partial charge in [0.15, 0.2) is 0 Å². The van der Waals surface area contributed by atoms with E-state index in [1.54, 1.807) is 0 Å². The van der Waals surface area contributed by atoms with Crippen molar-refractivity contribution in [3.8, 4) is 0 Å². The van der Waals surface area contributed by atoms with E-state index in [9.17, 15) is 9.18 Å². The normalized spacial score (nSPS) is 11.9.